The van der Waals surface area contributed by atoms with Crippen molar-refractivity contribution in [3.63, 3.8) is 0 Å². The molecule has 1 aliphatic heterocycles. The highest BCUT2D eigenvalue weighted by atomic mass is 16.5. The van der Waals surface area contributed by atoms with E-state index >= 15 is 0 Å². The van der Waals surface area contributed by atoms with E-state index in [0.717, 1.165) is 24.1 Å². The predicted molar refractivity (Wildman–Crippen MR) is 112 cm³/mol. The maximum Gasteiger partial charge on any atom is 0.335 e. The SMILES string of the molecule is CC(=O)N1c2ccc(C(=O)O)cc2[C@H](Oc2ccc(C#N)c(C)c2)[C@@H](C)[C@@H]1C1CC1. The predicted octanol–water partition coefficient (Wildman–Crippen LogP) is 4.47. The van der Waals surface area contributed by atoms with Gasteiger partial charge >= 0.3 is 5.97 Å². The second-order valence-electron chi connectivity index (χ2n) is 8.28. The number of carbonyl (C=O) groups excluding carboxylic acids is 1. The lowest BCUT2D eigenvalue weighted by Crippen LogP contribution is -2.51. The molecule has 4 rings (SSSR count). The number of amides is 1. The number of aryl methyl sites for hydroxylation is 1. The van der Waals surface area contributed by atoms with Crippen LogP contribution in [0.15, 0.2) is 36.4 Å². The zero-order chi connectivity index (χ0) is 21.6. The van der Waals surface area contributed by atoms with E-state index in [-0.39, 0.29) is 23.4 Å². The Balaban J connectivity index is 1.82. The number of nitrogens with zero attached hydrogens (tertiary/aromatic N) is 2. The van der Waals surface area contributed by atoms with Crippen molar-refractivity contribution in [1.29, 1.82) is 5.26 Å². The van der Waals surface area contributed by atoms with Crippen LogP contribution >= 0.6 is 0 Å². The van der Waals surface area contributed by atoms with Gasteiger partial charge in [0, 0.05) is 24.4 Å². The van der Waals surface area contributed by atoms with Crippen molar-refractivity contribution in [3.05, 3.63) is 58.7 Å². The fourth-order valence-corrected chi connectivity index (χ4v) is 4.60. The van der Waals surface area contributed by atoms with E-state index in [2.05, 4.69) is 13.0 Å². The number of fused-ring (bicyclic) bond motifs is 1. The van der Waals surface area contributed by atoms with E-state index in [1.165, 1.54) is 0 Å². The van der Waals surface area contributed by atoms with Crippen molar-refractivity contribution in [3.8, 4) is 11.8 Å². The highest BCUT2D eigenvalue weighted by Crippen LogP contribution is 2.50. The molecule has 6 nitrogen and oxygen atoms in total. The highest BCUT2D eigenvalue weighted by molar-refractivity contribution is 5.95. The van der Waals surface area contributed by atoms with Crippen LogP contribution in [0.1, 0.15) is 59.8 Å². The number of hydrogen-bond acceptors (Lipinski definition) is 4. The van der Waals surface area contributed by atoms with Gasteiger partial charge in [0.25, 0.3) is 0 Å². The molecule has 30 heavy (non-hydrogen) atoms. The number of carboxylic acid groups (broad SMARTS) is 1. The first kappa shape index (κ1) is 20.0. The molecule has 6 heteroatoms. The number of nitriles is 1. The molecule has 3 atom stereocenters. The molecule has 1 N–H and O–H groups in total. The average Bonchev–Trinajstić information content (AvgIpc) is 3.54. The average molecular weight is 404 g/mol. The van der Waals surface area contributed by atoms with Crippen LogP contribution in [0.4, 0.5) is 5.69 Å². The van der Waals surface area contributed by atoms with Crippen LogP contribution in [-0.2, 0) is 4.79 Å². The standard InChI is InChI=1S/C24H24N2O4/c1-13-10-19(8-6-18(13)12-25)30-23-14(2)22(16-4-5-16)26(15(3)27)21-9-7-17(24(28)29)11-20(21)23/h6-11,14,16,22-23H,4-5H2,1-3H3,(H,28,29)/t14-,22+,23+/m0/s1. The number of carbonyl (C=O) groups is 2. The van der Waals surface area contributed by atoms with Gasteiger partial charge in [-0.2, -0.15) is 5.26 Å². The largest absolute Gasteiger partial charge is 0.485 e. The van der Waals surface area contributed by atoms with Gasteiger partial charge in [0.2, 0.25) is 5.91 Å². The van der Waals surface area contributed by atoms with Gasteiger partial charge in [-0.05, 0) is 67.6 Å². The van der Waals surface area contributed by atoms with Crippen LogP contribution in [0.5, 0.6) is 5.75 Å². The molecule has 1 saturated carbocycles. The Labute approximate surface area is 175 Å². The molecule has 1 fully saturated rings. The fraction of sp³-hybridized carbons (Fsp3) is 0.375. The minimum absolute atomic E-state index is 0.00940. The molecule has 0 radical (unpaired) electrons. The minimum Gasteiger partial charge on any atom is -0.485 e. The first-order valence-corrected chi connectivity index (χ1v) is 10.2. The molecule has 0 spiro atoms. The third-order valence-electron chi connectivity index (χ3n) is 6.18. The number of aromatic carboxylic acids is 1. The van der Waals surface area contributed by atoms with Crippen molar-refractivity contribution in [2.24, 2.45) is 11.8 Å². The summed E-state index contributed by atoms with van der Waals surface area (Å²) in [5.41, 5.74) is 3.00. The van der Waals surface area contributed by atoms with Crippen LogP contribution in [0.25, 0.3) is 0 Å². The van der Waals surface area contributed by atoms with Gasteiger partial charge in [0.15, 0.2) is 0 Å². The fourth-order valence-electron chi connectivity index (χ4n) is 4.60. The molecular formula is C24H24N2O4. The van der Waals surface area contributed by atoms with Crippen molar-refractivity contribution in [2.45, 2.75) is 45.8 Å². The Morgan fingerprint density at radius 3 is 2.50 bits per heavy atom. The molecule has 1 heterocycles. The van der Waals surface area contributed by atoms with Crippen molar-refractivity contribution in [1.82, 2.24) is 0 Å². The summed E-state index contributed by atoms with van der Waals surface area (Å²) in [6.07, 6.45) is 1.75. The van der Waals surface area contributed by atoms with Gasteiger partial charge in [0.1, 0.15) is 11.9 Å². The van der Waals surface area contributed by atoms with E-state index in [9.17, 15) is 20.0 Å². The lowest BCUT2D eigenvalue weighted by molar-refractivity contribution is -0.117. The van der Waals surface area contributed by atoms with Gasteiger partial charge in [-0.25, -0.2) is 4.79 Å². The molecule has 1 amide bonds. The van der Waals surface area contributed by atoms with Crippen LogP contribution in [-0.4, -0.2) is 23.0 Å². The summed E-state index contributed by atoms with van der Waals surface area (Å²) >= 11 is 0. The number of benzene rings is 2. The summed E-state index contributed by atoms with van der Waals surface area (Å²) in [6, 6.07) is 12.4. The molecule has 0 unspecified atom stereocenters. The summed E-state index contributed by atoms with van der Waals surface area (Å²) in [6.45, 7) is 5.48. The highest BCUT2D eigenvalue weighted by Gasteiger charge is 2.48. The monoisotopic (exact) mass is 404 g/mol. The second kappa shape index (κ2) is 7.49. The molecule has 154 valence electrons. The van der Waals surface area contributed by atoms with E-state index < -0.39 is 12.1 Å². The number of anilines is 1. The lowest BCUT2D eigenvalue weighted by Gasteiger charge is -2.45. The lowest BCUT2D eigenvalue weighted by atomic mass is 9.81. The van der Waals surface area contributed by atoms with E-state index in [0.29, 0.717) is 22.8 Å². The van der Waals surface area contributed by atoms with Crippen molar-refractivity contribution >= 4 is 17.6 Å². The molecule has 0 saturated heterocycles. The smallest absolute Gasteiger partial charge is 0.335 e. The van der Waals surface area contributed by atoms with Crippen molar-refractivity contribution < 1.29 is 19.4 Å². The summed E-state index contributed by atoms with van der Waals surface area (Å²) < 4.78 is 6.41. The zero-order valence-corrected chi connectivity index (χ0v) is 17.3. The molecule has 0 aromatic heterocycles. The Hall–Kier alpha value is -3.33. The molecule has 2 aromatic carbocycles. The summed E-state index contributed by atoms with van der Waals surface area (Å²) in [4.78, 5) is 26.0. The van der Waals surface area contributed by atoms with Gasteiger partial charge in [-0.3, -0.25) is 4.79 Å². The summed E-state index contributed by atoms with van der Waals surface area (Å²) in [5.74, 6) is -0.0346. The summed E-state index contributed by atoms with van der Waals surface area (Å²) in [7, 11) is 0. The number of ether oxygens (including phenoxy) is 1. The molecule has 2 aromatic rings. The number of rotatable bonds is 4. The Bertz CT molecular complexity index is 1070. The molecule has 1 aliphatic carbocycles. The van der Waals surface area contributed by atoms with E-state index in [1.54, 1.807) is 37.3 Å². The third-order valence-corrected chi connectivity index (χ3v) is 6.18. The maximum atomic E-state index is 12.6. The normalized spacial score (nSPS) is 22.7. The third kappa shape index (κ3) is 3.41. The minimum atomic E-state index is -1.02. The quantitative estimate of drug-likeness (QED) is 0.812. The van der Waals surface area contributed by atoms with Crippen LogP contribution < -0.4 is 9.64 Å². The number of carboxylic acids is 1. The van der Waals surface area contributed by atoms with Crippen LogP contribution in [0.2, 0.25) is 0 Å². The van der Waals surface area contributed by atoms with Crippen molar-refractivity contribution in [2.75, 3.05) is 4.90 Å². The maximum absolute atomic E-state index is 12.6. The van der Waals surface area contributed by atoms with Crippen LogP contribution in [0, 0.1) is 30.1 Å². The zero-order valence-electron chi connectivity index (χ0n) is 17.3. The second-order valence-corrected chi connectivity index (χ2v) is 8.28. The Kier molecular flexibility index (Phi) is 4.98. The first-order valence-electron chi connectivity index (χ1n) is 10.2. The molecular weight excluding hydrogens is 380 g/mol. The number of hydrogen-bond donors (Lipinski definition) is 1. The van der Waals surface area contributed by atoms with Gasteiger partial charge < -0.3 is 14.7 Å². The van der Waals surface area contributed by atoms with Gasteiger partial charge in [0.05, 0.1) is 22.9 Å². The molecule has 2 aliphatic rings. The van der Waals surface area contributed by atoms with Gasteiger partial charge in [-0.1, -0.05) is 6.92 Å². The summed E-state index contributed by atoms with van der Waals surface area (Å²) in [5, 5.41) is 18.7. The van der Waals surface area contributed by atoms with Crippen LogP contribution in [0.3, 0.4) is 0 Å². The first-order chi connectivity index (χ1) is 14.3. The van der Waals surface area contributed by atoms with E-state index in [1.807, 2.05) is 17.9 Å². The molecule has 0 bridgehead atoms. The van der Waals surface area contributed by atoms with E-state index in [4.69, 9.17) is 4.74 Å². The topological polar surface area (TPSA) is 90.6 Å². The Morgan fingerprint density at radius 2 is 1.93 bits per heavy atom. The Morgan fingerprint density at radius 1 is 1.20 bits per heavy atom. The van der Waals surface area contributed by atoms with Gasteiger partial charge in [-0.15, -0.1) is 0 Å².